The maximum absolute atomic E-state index is 12.2. The zero-order chi connectivity index (χ0) is 14.6. The van der Waals surface area contributed by atoms with Crippen LogP contribution in [0.15, 0.2) is 24.3 Å². The number of carbonyl (C=O) groups is 1. The molecule has 110 valence electrons. The Bertz CT molecular complexity index is 465. The molecule has 0 unspecified atom stereocenters. The highest BCUT2D eigenvalue weighted by Gasteiger charge is 2.36. The molecule has 0 bridgehead atoms. The van der Waals surface area contributed by atoms with Crippen LogP contribution in [0.4, 0.5) is 0 Å². The van der Waals surface area contributed by atoms with Crippen molar-refractivity contribution in [3.05, 3.63) is 35.4 Å². The molecule has 1 aliphatic carbocycles. The van der Waals surface area contributed by atoms with Crippen LogP contribution in [0, 0.1) is 0 Å². The molecule has 1 fully saturated rings. The quantitative estimate of drug-likeness (QED) is 0.859. The van der Waals surface area contributed by atoms with Crippen molar-refractivity contribution in [3.8, 4) is 0 Å². The summed E-state index contributed by atoms with van der Waals surface area (Å²) in [4.78, 5) is 14.3. The van der Waals surface area contributed by atoms with Gasteiger partial charge in [-0.05, 0) is 38.1 Å². The minimum atomic E-state index is -0.638. The predicted octanol–water partition coefficient (Wildman–Crippen LogP) is 1.64. The third-order valence-corrected chi connectivity index (χ3v) is 3.89. The highest BCUT2D eigenvalue weighted by molar-refractivity contribution is 5.86. The molecule has 2 rings (SSSR count). The van der Waals surface area contributed by atoms with Crippen LogP contribution in [0.1, 0.15) is 36.8 Å². The summed E-state index contributed by atoms with van der Waals surface area (Å²) in [5, 5.41) is 2.98. The van der Waals surface area contributed by atoms with Crippen molar-refractivity contribution in [1.29, 1.82) is 0 Å². The first-order valence-electron chi connectivity index (χ1n) is 7.29. The number of hydrogen-bond donors (Lipinski definition) is 2. The van der Waals surface area contributed by atoms with Gasteiger partial charge in [0.15, 0.2) is 0 Å². The average Bonchev–Trinajstić information content (AvgIpc) is 2.84. The van der Waals surface area contributed by atoms with Crippen LogP contribution in [0.5, 0.6) is 0 Å². The molecule has 4 nitrogen and oxygen atoms in total. The summed E-state index contributed by atoms with van der Waals surface area (Å²) >= 11 is 0. The van der Waals surface area contributed by atoms with Crippen molar-refractivity contribution in [2.45, 2.75) is 44.3 Å². The Hall–Kier alpha value is -1.39. The van der Waals surface area contributed by atoms with E-state index in [1.807, 2.05) is 26.2 Å². The molecule has 1 aromatic carbocycles. The standard InChI is InChI=1S/C16H25N3O/c1-19(2)12-14-7-5-6-13(10-14)11-18-15(20)16(17)8-3-4-9-16/h5-7,10H,3-4,8-9,11-12,17H2,1-2H3,(H,18,20). The summed E-state index contributed by atoms with van der Waals surface area (Å²) in [5.74, 6) is -0.00647. The lowest BCUT2D eigenvalue weighted by Crippen LogP contribution is -2.51. The summed E-state index contributed by atoms with van der Waals surface area (Å²) in [6.45, 7) is 1.46. The van der Waals surface area contributed by atoms with E-state index < -0.39 is 5.54 Å². The van der Waals surface area contributed by atoms with E-state index in [0.717, 1.165) is 37.8 Å². The molecule has 4 heteroatoms. The molecule has 1 amide bonds. The van der Waals surface area contributed by atoms with Crippen molar-refractivity contribution in [1.82, 2.24) is 10.2 Å². The Labute approximate surface area is 121 Å². The molecule has 0 saturated heterocycles. The van der Waals surface area contributed by atoms with Gasteiger partial charge in [0.1, 0.15) is 0 Å². The summed E-state index contributed by atoms with van der Waals surface area (Å²) < 4.78 is 0. The summed E-state index contributed by atoms with van der Waals surface area (Å²) in [6, 6.07) is 8.32. The second-order valence-corrected chi connectivity index (χ2v) is 6.10. The normalized spacial score (nSPS) is 17.4. The van der Waals surface area contributed by atoms with Gasteiger partial charge in [0.2, 0.25) is 5.91 Å². The number of amides is 1. The minimum Gasteiger partial charge on any atom is -0.350 e. The molecular formula is C16H25N3O. The van der Waals surface area contributed by atoms with Gasteiger partial charge in [-0.15, -0.1) is 0 Å². The first-order chi connectivity index (χ1) is 9.49. The van der Waals surface area contributed by atoms with Gasteiger partial charge in [0, 0.05) is 13.1 Å². The van der Waals surface area contributed by atoms with Crippen LogP contribution < -0.4 is 11.1 Å². The highest BCUT2D eigenvalue weighted by atomic mass is 16.2. The zero-order valence-electron chi connectivity index (χ0n) is 12.5. The van der Waals surface area contributed by atoms with Gasteiger partial charge >= 0.3 is 0 Å². The number of benzene rings is 1. The Morgan fingerprint density at radius 1 is 1.30 bits per heavy atom. The monoisotopic (exact) mass is 275 g/mol. The van der Waals surface area contributed by atoms with Gasteiger partial charge in [-0.1, -0.05) is 37.1 Å². The first-order valence-corrected chi connectivity index (χ1v) is 7.29. The van der Waals surface area contributed by atoms with E-state index in [9.17, 15) is 4.79 Å². The number of nitrogens with zero attached hydrogens (tertiary/aromatic N) is 1. The van der Waals surface area contributed by atoms with Crippen LogP contribution in [-0.2, 0) is 17.9 Å². The van der Waals surface area contributed by atoms with Gasteiger partial charge in [-0.25, -0.2) is 0 Å². The van der Waals surface area contributed by atoms with Gasteiger partial charge in [-0.3, -0.25) is 4.79 Å². The first kappa shape index (κ1) is 15.0. The average molecular weight is 275 g/mol. The molecule has 1 aromatic rings. The molecule has 0 aliphatic heterocycles. The molecule has 20 heavy (non-hydrogen) atoms. The summed E-state index contributed by atoms with van der Waals surface area (Å²) in [5.41, 5.74) is 7.89. The lowest BCUT2D eigenvalue weighted by molar-refractivity contribution is -0.126. The smallest absolute Gasteiger partial charge is 0.240 e. The number of rotatable bonds is 5. The molecule has 0 radical (unpaired) electrons. The van der Waals surface area contributed by atoms with Crippen molar-refractivity contribution < 1.29 is 4.79 Å². The van der Waals surface area contributed by atoms with Crippen molar-refractivity contribution in [2.75, 3.05) is 14.1 Å². The van der Waals surface area contributed by atoms with E-state index >= 15 is 0 Å². The number of nitrogens with two attached hydrogens (primary N) is 1. The fraction of sp³-hybridized carbons (Fsp3) is 0.562. The van der Waals surface area contributed by atoms with Crippen molar-refractivity contribution in [2.24, 2.45) is 5.73 Å². The Morgan fingerprint density at radius 2 is 1.95 bits per heavy atom. The number of nitrogens with one attached hydrogen (secondary N) is 1. The van der Waals surface area contributed by atoms with E-state index in [2.05, 4.69) is 22.3 Å². The summed E-state index contributed by atoms with van der Waals surface area (Å²) in [7, 11) is 4.10. The van der Waals surface area contributed by atoms with E-state index in [1.165, 1.54) is 5.56 Å². The zero-order valence-corrected chi connectivity index (χ0v) is 12.5. The van der Waals surface area contributed by atoms with E-state index in [-0.39, 0.29) is 5.91 Å². The van der Waals surface area contributed by atoms with Crippen LogP contribution in [-0.4, -0.2) is 30.4 Å². The van der Waals surface area contributed by atoms with Crippen LogP contribution in [0.2, 0.25) is 0 Å². The fourth-order valence-corrected chi connectivity index (χ4v) is 2.79. The Kier molecular flexibility index (Phi) is 4.78. The molecule has 0 aromatic heterocycles. The van der Waals surface area contributed by atoms with E-state index in [4.69, 9.17) is 5.73 Å². The van der Waals surface area contributed by atoms with E-state index in [1.54, 1.807) is 0 Å². The van der Waals surface area contributed by atoms with Crippen LogP contribution in [0.25, 0.3) is 0 Å². The molecule has 3 N–H and O–H groups in total. The lowest BCUT2D eigenvalue weighted by Gasteiger charge is -2.22. The maximum atomic E-state index is 12.2. The summed E-state index contributed by atoms with van der Waals surface area (Å²) in [6.07, 6.45) is 3.73. The van der Waals surface area contributed by atoms with Crippen molar-refractivity contribution >= 4 is 5.91 Å². The Morgan fingerprint density at radius 3 is 2.60 bits per heavy atom. The fourth-order valence-electron chi connectivity index (χ4n) is 2.79. The largest absolute Gasteiger partial charge is 0.350 e. The van der Waals surface area contributed by atoms with Gasteiger partial charge in [0.05, 0.1) is 5.54 Å². The molecule has 0 atom stereocenters. The van der Waals surface area contributed by atoms with Gasteiger partial charge in [0.25, 0.3) is 0 Å². The second-order valence-electron chi connectivity index (χ2n) is 6.10. The molecule has 0 heterocycles. The Balaban J connectivity index is 1.92. The SMILES string of the molecule is CN(C)Cc1cccc(CNC(=O)C2(N)CCCC2)c1. The number of carbonyl (C=O) groups excluding carboxylic acids is 1. The molecular weight excluding hydrogens is 250 g/mol. The van der Waals surface area contributed by atoms with Crippen molar-refractivity contribution in [3.63, 3.8) is 0 Å². The van der Waals surface area contributed by atoms with Crippen LogP contribution >= 0.6 is 0 Å². The molecule has 0 spiro atoms. The third kappa shape index (κ3) is 3.81. The maximum Gasteiger partial charge on any atom is 0.240 e. The molecule has 1 aliphatic rings. The predicted molar refractivity (Wildman–Crippen MR) is 81.1 cm³/mol. The van der Waals surface area contributed by atoms with Gasteiger partial charge in [-0.2, -0.15) is 0 Å². The van der Waals surface area contributed by atoms with Crippen LogP contribution in [0.3, 0.4) is 0 Å². The second kappa shape index (κ2) is 6.37. The minimum absolute atomic E-state index is 0.00647. The number of hydrogen-bond acceptors (Lipinski definition) is 3. The molecule has 1 saturated carbocycles. The van der Waals surface area contributed by atoms with E-state index in [0.29, 0.717) is 6.54 Å². The third-order valence-electron chi connectivity index (χ3n) is 3.89. The van der Waals surface area contributed by atoms with Gasteiger partial charge < -0.3 is 16.0 Å². The lowest BCUT2D eigenvalue weighted by atomic mass is 9.98. The highest BCUT2D eigenvalue weighted by Crippen LogP contribution is 2.27. The topological polar surface area (TPSA) is 58.4 Å².